The van der Waals surface area contributed by atoms with E-state index in [9.17, 15) is 14.4 Å². The van der Waals surface area contributed by atoms with E-state index in [1.165, 1.54) is 6.42 Å². The van der Waals surface area contributed by atoms with Gasteiger partial charge in [-0.2, -0.15) is 0 Å². The maximum absolute atomic E-state index is 11.8. The molecule has 1 saturated carbocycles. The molecule has 1 heterocycles. The Balaban J connectivity index is 1.84. The molecule has 1 aliphatic carbocycles. The summed E-state index contributed by atoms with van der Waals surface area (Å²) in [6.07, 6.45) is 4.96. The van der Waals surface area contributed by atoms with E-state index in [1.54, 1.807) is 0 Å². The van der Waals surface area contributed by atoms with Crippen LogP contribution in [0.1, 0.15) is 45.4 Å². The van der Waals surface area contributed by atoms with Crippen molar-refractivity contribution in [3.8, 4) is 0 Å². The van der Waals surface area contributed by atoms with Gasteiger partial charge >= 0.3 is 0 Å². The van der Waals surface area contributed by atoms with Crippen molar-refractivity contribution in [3.05, 3.63) is 0 Å². The molecule has 2 fully saturated rings. The van der Waals surface area contributed by atoms with E-state index in [0.29, 0.717) is 5.92 Å². The highest BCUT2D eigenvalue weighted by molar-refractivity contribution is 6.04. The van der Waals surface area contributed by atoms with Crippen molar-refractivity contribution in [1.29, 1.82) is 0 Å². The second kappa shape index (κ2) is 5.50. The SMILES string of the molecule is C[C@H]1CCCC[C@@H]1NC(=O)CN1C(=O)CCC1=O. The summed E-state index contributed by atoms with van der Waals surface area (Å²) in [5.41, 5.74) is 0. The largest absolute Gasteiger partial charge is 0.352 e. The van der Waals surface area contributed by atoms with Gasteiger partial charge in [0.2, 0.25) is 17.7 Å². The van der Waals surface area contributed by atoms with E-state index in [-0.39, 0.29) is 43.1 Å². The van der Waals surface area contributed by atoms with Crippen LogP contribution < -0.4 is 5.32 Å². The minimum absolute atomic E-state index is 0.110. The molecule has 0 unspecified atom stereocenters. The topological polar surface area (TPSA) is 66.5 Å². The summed E-state index contributed by atoms with van der Waals surface area (Å²) in [5.74, 6) is -0.191. The van der Waals surface area contributed by atoms with Crippen molar-refractivity contribution in [2.24, 2.45) is 5.92 Å². The number of nitrogens with zero attached hydrogens (tertiary/aromatic N) is 1. The summed E-state index contributed by atoms with van der Waals surface area (Å²) in [5, 5.41) is 2.95. The van der Waals surface area contributed by atoms with Crippen LogP contribution in [-0.2, 0) is 14.4 Å². The van der Waals surface area contributed by atoms with Gasteiger partial charge in [0.15, 0.2) is 0 Å². The standard InChI is InChI=1S/C13H20N2O3/c1-9-4-2-3-5-10(9)14-11(16)8-15-12(17)6-7-13(15)18/h9-10H,2-8H2,1H3,(H,14,16)/t9-,10-/m0/s1. The number of amides is 3. The predicted molar refractivity (Wildman–Crippen MR) is 65.5 cm³/mol. The summed E-state index contributed by atoms with van der Waals surface area (Å²) in [6.45, 7) is 2.02. The van der Waals surface area contributed by atoms with Crippen molar-refractivity contribution < 1.29 is 14.4 Å². The minimum Gasteiger partial charge on any atom is -0.352 e. The molecule has 1 N–H and O–H groups in total. The van der Waals surface area contributed by atoms with Gasteiger partial charge in [-0.1, -0.05) is 19.8 Å². The predicted octanol–water partition coefficient (Wildman–Crippen LogP) is 0.830. The highest BCUT2D eigenvalue weighted by Gasteiger charge is 2.31. The molecule has 5 heteroatoms. The number of hydrogen-bond donors (Lipinski definition) is 1. The number of rotatable bonds is 3. The lowest BCUT2D eigenvalue weighted by Gasteiger charge is -2.30. The number of imide groups is 1. The van der Waals surface area contributed by atoms with Crippen LogP contribution >= 0.6 is 0 Å². The molecule has 1 saturated heterocycles. The molecule has 2 atom stereocenters. The zero-order valence-corrected chi connectivity index (χ0v) is 10.8. The quantitative estimate of drug-likeness (QED) is 0.757. The minimum atomic E-state index is -0.230. The normalized spacial score (nSPS) is 28.6. The number of nitrogens with one attached hydrogen (secondary N) is 1. The lowest BCUT2D eigenvalue weighted by molar-refractivity contribution is -0.142. The van der Waals surface area contributed by atoms with E-state index in [4.69, 9.17) is 0 Å². The molecule has 0 spiro atoms. The first kappa shape index (κ1) is 13.1. The molecule has 0 aromatic rings. The van der Waals surface area contributed by atoms with Crippen LogP contribution in [0.5, 0.6) is 0 Å². The summed E-state index contributed by atoms with van der Waals surface area (Å²) >= 11 is 0. The van der Waals surface area contributed by atoms with Crippen LogP contribution in [0.25, 0.3) is 0 Å². The Hall–Kier alpha value is -1.39. The van der Waals surface area contributed by atoms with Crippen LogP contribution in [0.2, 0.25) is 0 Å². The van der Waals surface area contributed by atoms with Gasteiger partial charge in [-0.3, -0.25) is 19.3 Å². The molecule has 3 amide bonds. The fourth-order valence-corrected chi connectivity index (χ4v) is 2.73. The van der Waals surface area contributed by atoms with Gasteiger partial charge in [-0.25, -0.2) is 0 Å². The van der Waals surface area contributed by atoms with Crippen LogP contribution in [0.15, 0.2) is 0 Å². The Kier molecular flexibility index (Phi) is 3.99. The average Bonchev–Trinajstić information content (AvgIpc) is 2.64. The fourth-order valence-electron chi connectivity index (χ4n) is 2.73. The molecular weight excluding hydrogens is 232 g/mol. The third kappa shape index (κ3) is 2.89. The first-order chi connectivity index (χ1) is 8.58. The molecular formula is C13H20N2O3. The third-order valence-corrected chi connectivity index (χ3v) is 3.91. The van der Waals surface area contributed by atoms with Crippen molar-refractivity contribution in [2.75, 3.05) is 6.54 Å². The number of carbonyl (C=O) groups is 3. The zero-order chi connectivity index (χ0) is 13.1. The smallest absolute Gasteiger partial charge is 0.240 e. The van der Waals surface area contributed by atoms with E-state index >= 15 is 0 Å². The van der Waals surface area contributed by atoms with Gasteiger partial charge in [-0.05, 0) is 18.8 Å². The molecule has 0 aromatic carbocycles. The monoisotopic (exact) mass is 252 g/mol. The van der Waals surface area contributed by atoms with Gasteiger partial charge in [0.25, 0.3) is 0 Å². The Morgan fingerprint density at radius 3 is 2.44 bits per heavy atom. The van der Waals surface area contributed by atoms with Crippen molar-refractivity contribution in [1.82, 2.24) is 10.2 Å². The Morgan fingerprint density at radius 1 is 1.22 bits per heavy atom. The lowest BCUT2D eigenvalue weighted by Crippen LogP contribution is -2.46. The van der Waals surface area contributed by atoms with Crippen LogP contribution in [-0.4, -0.2) is 35.2 Å². The molecule has 0 bridgehead atoms. The number of likely N-dealkylation sites (tertiary alicyclic amines) is 1. The van der Waals surface area contributed by atoms with Crippen LogP contribution in [0.4, 0.5) is 0 Å². The molecule has 2 aliphatic rings. The second-order valence-corrected chi connectivity index (χ2v) is 5.31. The van der Waals surface area contributed by atoms with Crippen molar-refractivity contribution in [2.45, 2.75) is 51.5 Å². The fraction of sp³-hybridized carbons (Fsp3) is 0.769. The number of hydrogen-bond acceptors (Lipinski definition) is 3. The lowest BCUT2D eigenvalue weighted by atomic mass is 9.86. The van der Waals surface area contributed by atoms with Crippen molar-refractivity contribution >= 4 is 17.7 Å². The molecule has 18 heavy (non-hydrogen) atoms. The second-order valence-electron chi connectivity index (χ2n) is 5.31. The first-order valence-electron chi connectivity index (χ1n) is 6.70. The third-order valence-electron chi connectivity index (χ3n) is 3.91. The first-order valence-corrected chi connectivity index (χ1v) is 6.70. The highest BCUT2D eigenvalue weighted by Crippen LogP contribution is 2.23. The van der Waals surface area contributed by atoms with E-state index in [2.05, 4.69) is 12.2 Å². The zero-order valence-electron chi connectivity index (χ0n) is 10.8. The average molecular weight is 252 g/mol. The summed E-state index contributed by atoms with van der Waals surface area (Å²) in [6, 6.07) is 0.194. The number of carbonyl (C=O) groups excluding carboxylic acids is 3. The maximum Gasteiger partial charge on any atom is 0.240 e. The van der Waals surface area contributed by atoms with Crippen molar-refractivity contribution in [3.63, 3.8) is 0 Å². The molecule has 0 aromatic heterocycles. The summed E-state index contributed by atoms with van der Waals surface area (Å²) in [7, 11) is 0. The summed E-state index contributed by atoms with van der Waals surface area (Å²) in [4.78, 5) is 35.7. The Bertz CT molecular complexity index is 351. The maximum atomic E-state index is 11.8. The van der Waals surface area contributed by atoms with Crippen LogP contribution in [0.3, 0.4) is 0 Å². The Morgan fingerprint density at radius 2 is 1.83 bits per heavy atom. The summed E-state index contributed by atoms with van der Waals surface area (Å²) < 4.78 is 0. The molecule has 5 nitrogen and oxygen atoms in total. The van der Waals surface area contributed by atoms with E-state index in [1.807, 2.05) is 0 Å². The molecule has 1 aliphatic heterocycles. The van der Waals surface area contributed by atoms with Gasteiger partial charge in [0, 0.05) is 18.9 Å². The molecule has 0 radical (unpaired) electrons. The van der Waals surface area contributed by atoms with Crippen LogP contribution in [0, 0.1) is 5.92 Å². The van der Waals surface area contributed by atoms with Gasteiger partial charge < -0.3 is 5.32 Å². The highest BCUT2D eigenvalue weighted by atomic mass is 16.2. The van der Waals surface area contributed by atoms with E-state index in [0.717, 1.165) is 24.2 Å². The van der Waals surface area contributed by atoms with Gasteiger partial charge in [-0.15, -0.1) is 0 Å². The van der Waals surface area contributed by atoms with Gasteiger partial charge in [0.1, 0.15) is 6.54 Å². The van der Waals surface area contributed by atoms with E-state index < -0.39 is 0 Å². The Labute approximate surface area is 107 Å². The van der Waals surface area contributed by atoms with Gasteiger partial charge in [0.05, 0.1) is 0 Å². The molecule has 100 valence electrons. The molecule has 2 rings (SSSR count).